The maximum absolute atomic E-state index is 12.1. The number of halogens is 2. The highest BCUT2D eigenvalue weighted by Gasteiger charge is 2.32. The van der Waals surface area contributed by atoms with Gasteiger partial charge in [0.05, 0.1) is 13.6 Å². The Morgan fingerprint density at radius 3 is 2.50 bits per heavy atom. The van der Waals surface area contributed by atoms with Crippen LogP contribution in [0.2, 0.25) is 0 Å². The third-order valence-electron chi connectivity index (χ3n) is 1.94. The number of aliphatic hydroxyl groups excluding tert-OH is 1. The van der Waals surface area contributed by atoms with Crippen LogP contribution in [0.15, 0.2) is 0 Å². The van der Waals surface area contributed by atoms with Crippen molar-refractivity contribution in [2.75, 3.05) is 26.9 Å². The first-order valence-electron chi connectivity index (χ1n) is 3.24. The molecule has 1 saturated heterocycles. The van der Waals surface area contributed by atoms with Crippen molar-refractivity contribution in [3.63, 3.8) is 0 Å². The molecule has 0 aromatic rings. The molecule has 4 heteroatoms. The normalized spacial score (nSPS) is 39.3. The van der Waals surface area contributed by atoms with Crippen LogP contribution in [-0.2, 0) is 0 Å². The van der Waals surface area contributed by atoms with E-state index in [0.29, 0.717) is 11.0 Å². The van der Waals surface area contributed by atoms with Crippen LogP contribution < -0.4 is 24.0 Å². The highest BCUT2D eigenvalue weighted by atomic mass is 127. The summed E-state index contributed by atoms with van der Waals surface area (Å²) in [7, 11) is 1.83. The van der Waals surface area contributed by atoms with Crippen LogP contribution in [0.5, 0.6) is 0 Å². The first kappa shape index (κ1) is 10.6. The van der Waals surface area contributed by atoms with E-state index >= 15 is 0 Å². The summed E-state index contributed by atoms with van der Waals surface area (Å²) in [6.07, 6.45) is 0.478. The third-order valence-corrected chi connectivity index (χ3v) is 1.94. The van der Waals surface area contributed by atoms with Gasteiger partial charge < -0.3 is 29.1 Å². The van der Waals surface area contributed by atoms with Gasteiger partial charge in [-0.3, -0.25) is 4.48 Å². The van der Waals surface area contributed by atoms with Crippen molar-refractivity contribution in [1.29, 1.82) is 0 Å². The molecule has 0 aromatic heterocycles. The Hall–Kier alpha value is 0.580. The van der Waals surface area contributed by atoms with Gasteiger partial charge in [0, 0.05) is 6.42 Å². The number of likely N-dealkylation sites (tertiary alicyclic amines) is 1. The Morgan fingerprint density at radius 2 is 2.30 bits per heavy atom. The molecule has 2 nitrogen and oxygen atoms in total. The molecule has 10 heavy (non-hydrogen) atoms. The van der Waals surface area contributed by atoms with Gasteiger partial charge in [0.2, 0.25) is 6.80 Å². The lowest BCUT2D eigenvalue weighted by Gasteiger charge is -2.24. The zero-order valence-electron chi connectivity index (χ0n) is 6.06. The van der Waals surface area contributed by atoms with Crippen molar-refractivity contribution < 1.29 is 38.0 Å². The SMILES string of the molecule is C[N+]1(CF)CC[C@@H](O)C1.[I-]. The predicted molar refractivity (Wildman–Crippen MR) is 32.5 cm³/mol. The number of hydrogen-bond acceptors (Lipinski definition) is 1. The Kier molecular flexibility index (Phi) is 4.05. The molecular formula is C6H13FINO. The lowest BCUT2D eigenvalue weighted by atomic mass is 10.3. The summed E-state index contributed by atoms with van der Waals surface area (Å²) in [5.74, 6) is 0. The van der Waals surface area contributed by atoms with Crippen LogP contribution in [-0.4, -0.2) is 42.6 Å². The Bertz CT molecular complexity index is 114. The number of likely N-dealkylation sites (N-methyl/N-ethyl adjacent to an activating group) is 1. The highest BCUT2D eigenvalue weighted by Crippen LogP contribution is 2.16. The van der Waals surface area contributed by atoms with Gasteiger partial charge in [0.1, 0.15) is 12.6 Å². The van der Waals surface area contributed by atoms with E-state index in [-0.39, 0.29) is 36.9 Å². The van der Waals surface area contributed by atoms with Gasteiger partial charge in [-0.15, -0.1) is 0 Å². The maximum Gasteiger partial charge on any atom is 0.222 e. The molecule has 1 N–H and O–H groups in total. The fourth-order valence-electron chi connectivity index (χ4n) is 1.26. The molecule has 0 bridgehead atoms. The summed E-state index contributed by atoms with van der Waals surface area (Å²) in [4.78, 5) is 0. The monoisotopic (exact) mass is 261 g/mol. The van der Waals surface area contributed by atoms with E-state index < -0.39 is 0 Å². The highest BCUT2D eigenvalue weighted by molar-refractivity contribution is 4.60. The van der Waals surface area contributed by atoms with E-state index in [2.05, 4.69) is 0 Å². The van der Waals surface area contributed by atoms with Gasteiger partial charge in [-0.2, -0.15) is 4.39 Å². The van der Waals surface area contributed by atoms with Crippen molar-refractivity contribution in [3.8, 4) is 0 Å². The summed E-state index contributed by atoms with van der Waals surface area (Å²) >= 11 is 0. The second-order valence-corrected chi connectivity index (χ2v) is 3.09. The fourth-order valence-corrected chi connectivity index (χ4v) is 1.26. The summed E-state index contributed by atoms with van der Waals surface area (Å²) < 4.78 is 12.5. The van der Waals surface area contributed by atoms with Gasteiger partial charge in [-0.1, -0.05) is 0 Å². The first-order chi connectivity index (χ1) is 4.16. The van der Waals surface area contributed by atoms with Crippen LogP contribution in [0.4, 0.5) is 4.39 Å². The van der Waals surface area contributed by atoms with Crippen LogP contribution in [0, 0.1) is 0 Å². The second kappa shape index (κ2) is 3.82. The van der Waals surface area contributed by atoms with Crippen molar-refractivity contribution >= 4 is 0 Å². The van der Waals surface area contributed by atoms with Gasteiger partial charge in [-0.05, 0) is 0 Å². The Balaban J connectivity index is 0.000000810. The lowest BCUT2D eigenvalue weighted by molar-refractivity contribution is -0.911. The molecule has 0 aromatic carbocycles. The standard InChI is InChI=1S/C6H13FNO.HI/c1-8(5-7)3-2-6(9)4-8;/h6,9H,2-5H2,1H3;1H/q+1;/p-1/t6-,8?;/m1./s1. The summed E-state index contributed by atoms with van der Waals surface area (Å²) in [6.45, 7) is 1.01. The van der Waals surface area contributed by atoms with Crippen molar-refractivity contribution in [3.05, 3.63) is 0 Å². The van der Waals surface area contributed by atoms with E-state index in [0.717, 1.165) is 13.0 Å². The van der Waals surface area contributed by atoms with E-state index in [4.69, 9.17) is 5.11 Å². The lowest BCUT2D eigenvalue weighted by Crippen LogP contribution is -3.00. The topological polar surface area (TPSA) is 20.2 Å². The number of rotatable bonds is 1. The molecule has 0 saturated carbocycles. The molecule has 62 valence electrons. The number of alkyl halides is 1. The summed E-state index contributed by atoms with van der Waals surface area (Å²) in [5.41, 5.74) is 0. The van der Waals surface area contributed by atoms with E-state index in [9.17, 15) is 4.39 Å². The zero-order chi connectivity index (χ0) is 6.91. The number of hydrogen-bond donors (Lipinski definition) is 1. The van der Waals surface area contributed by atoms with Gasteiger partial charge in [-0.25, -0.2) is 0 Å². The molecule has 1 rings (SSSR count). The minimum atomic E-state index is -0.350. The molecule has 0 amide bonds. The number of quaternary nitrogens is 1. The molecular weight excluding hydrogens is 248 g/mol. The van der Waals surface area contributed by atoms with Gasteiger partial charge in [0.15, 0.2) is 0 Å². The van der Waals surface area contributed by atoms with Crippen LogP contribution in [0.3, 0.4) is 0 Å². The largest absolute Gasteiger partial charge is 1.00 e. The molecule has 0 spiro atoms. The minimum Gasteiger partial charge on any atom is -1.00 e. The van der Waals surface area contributed by atoms with E-state index in [1.165, 1.54) is 0 Å². The molecule has 1 aliphatic heterocycles. The van der Waals surface area contributed by atoms with Crippen LogP contribution >= 0.6 is 0 Å². The predicted octanol–water partition coefficient (Wildman–Crippen LogP) is -2.87. The van der Waals surface area contributed by atoms with E-state index in [1.54, 1.807) is 0 Å². The Morgan fingerprint density at radius 1 is 1.70 bits per heavy atom. The average molecular weight is 261 g/mol. The summed E-state index contributed by atoms with van der Waals surface area (Å²) in [6, 6.07) is 0. The minimum absolute atomic E-state index is 0. The molecule has 1 aliphatic rings. The van der Waals surface area contributed by atoms with Gasteiger partial charge in [0.25, 0.3) is 0 Å². The Labute approximate surface area is 77.6 Å². The molecule has 1 fully saturated rings. The molecule has 0 aliphatic carbocycles. The number of nitrogens with zero attached hydrogens (tertiary/aromatic N) is 1. The summed E-state index contributed by atoms with van der Waals surface area (Å²) in [5, 5.41) is 9.01. The van der Waals surface area contributed by atoms with E-state index in [1.807, 2.05) is 7.05 Å². The quantitative estimate of drug-likeness (QED) is 0.306. The molecule has 0 radical (unpaired) electrons. The van der Waals surface area contributed by atoms with Gasteiger partial charge >= 0.3 is 0 Å². The molecule has 1 unspecified atom stereocenters. The third kappa shape index (κ3) is 2.32. The van der Waals surface area contributed by atoms with Crippen LogP contribution in [0.25, 0.3) is 0 Å². The second-order valence-electron chi connectivity index (χ2n) is 3.09. The number of aliphatic hydroxyl groups is 1. The first-order valence-corrected chi connectivity index (χ1v) is 3.24. The zero-order valence-corrected chi connectivity index (χ0v) is 8.21. The maximum atomic E-state index is 12.1. The molecule has 1 heterocycles. The van der Waals surface area contributed by atoms with Crippen molar-refractivity contribution in [2.45, 2.75) is 12.5 Å². The van der Waals surface area contributed by atoms with Crippen LogP contribution in [0.1, 0.15) is 6.42 Å². The molecule has 2 atom stereocenters. The average Bonchev–Trinajstić information content (AvgIpc) is 2.13. The van der Waals surface area contributed by atoms with Crippen molar-refractivity contribution in [1.82, 2.24) is 0 Å². The smallest absolute Gasteiger partial charge is 0.222 e. The van der Waals surface area contributed by atoms with Crippen molar-refractivity contribution in [2.24, 2.45) is 0 Å². The fraction of sp³-hybridized carbons (Fsp3) is 1.00.